The molecule has 0 aromatic heterocycles. The molecular formula is C17H21NO. The predicted octanol–water partition coefficient (Wildman–Crippen LogP) is 3.38. The maximum absolute atomic E-state index is 5.88. The minimum atomic E-state index is 0.604. The Morgan fingerprint density at radius 1 is 0.947 bits per heavy atom. The van der Waals surface area contributed by atoms with E-state index in [1.54, 1.807) is 0 Å². The van der Waals surface area contributed by atoms with Crippen LogP contribution in [-0.4, -0.2) is 6.54 Å². The van der Waals surface area contributed by atoms with Crippen LogP contribution in [-0.2, 0) is 13.0 Å². The molecule has 19 heavy (non-hydrogen) atoms. The summed E-state index contributed by atoms with van der Waals surface area (Å²) in [5.74, 6) is 0.964. The molecule has 2 aromatic carbocycles. The number of hydrogen-bond acceptors (Lipinski definition) is 2. The zero-order valence-electron chi connectivity index (χ0n) is 11.6. The van der Waals surface area contributed by atoms with E-state index in [1.165, 1.54) is 22.3 Å². The van der Waals surface area contributed by atoms with Crippen LogP contribution >= 0.6 is 0 Å². The third-order valence-electron chi connectivity index (χ3n) is 3.19. The molecule has 0 radical (unpaired) electrons. The number of benzene rings is 2. The summed E-state index contributed by atoms with van der Waals surface area (Å²) in [5, 5.41) is 0. The third-order valence-corrected chi connectivity index (χ3v) is 3.19. The summed E-state index contributed by atoms with van der Waals surface area (Å²) in [7, 11) is 0. The molecule has 0 spiro atoms. The van der Waals surface area contributed by atoms with Gasteiger partial charge in [0.05, 0.1) is 0 Å². The van der Waals surface area contributed by atoms with Crippen molar-refractivity contribution in [3.8, 4) is 5.75 Å². The van der Waals surface area contributed by atoms with Gasteiger partial charge in [-0.3, -0.25) is 0 Å². The molecule has 2 heteroatoms. The van der Waals surface area contributed by atoms with Gasteiger partial charge in [0.25, 0.3) is 0 Å². The van der Waals surface area contributed by atoms with Crippen LogP contribution in [0, 0.1) is 13.8 Å². The van der Waals surface area contributed by atoms with Crippen LogP contribution in [0.4, 0.5) is 0 Å². The van der Waals surface area contributed by atoms with Gasteiger partial charge in [0.2, 0.25) is 0 Å². The fourth-order valence-corrected chi connectivity index (χ4v) is 1.99. The number of nitrogens with two attached hydrogens (primary N) is 1. The van der Waals surface area contributed by atoms with Gasteiger partial charge in [-0.15, -0.1) is 0 Å². The molecule has 0 aliphatic rings. The molecule has 100 valence electrons. The number of rotatable bonds is 5. The molecule has 0 aliphatic heterocycles. The standard InChI is InChI=1S/C17H21NO/c1-13-3-4-14(2)17(11-13)19-12-16-7-5-15(6-8-16)9-10-18/h3-8,11H,9-10,12,18H2,1-2H3. The highest BCUT2D eigenvalue weighted by Gasteiger charge is 2.01. The summed E-state index contributed by atoms with van der Waals surface area (Å²) in [6, 6.07) is 14.7. The molecule has 0 aliphatic carbocycles. The highest BCUT2D eigenvalue weighted by molar-refractivity contribution is 5.36. The number of ether oxygens (including phenoxy) is 1. The number of hydrogen-bond donors (Lipinski definition) is 1. The van der Waals surface area contributed by atoms with Crippen LogP contribution in [0.15, 0.2) is 42.5 Å². The Kier molecular flexibility index (Phi) is 4.58. The minimum Gasteiger partial charge on any atom is -0.489 e. The van der Waals surface area contributed by atoms with Gasteiger partial charge in [-0.2, -0.15) is 0 Å². The van der Waals surface area contributed by atoms with Gasteiger partial charge in [0.15, 0.2) is 0 Å². The molecule has 0 saturated carbocycles. The minimum absolute atomic E-state index is 0.604. The van der Waals surface area contributed by atoms with Crippen molar-refractivity contribution in [3.63, 3.8) is 0 Å². The summed E-state index contributed by atoms with van der Waals surface area (Å²) < 4.78 is 5.88. The van der Waals surface area contributed by atoms with Crippen LogP contribution in [0.1, 0.15) is 22.3 Å². The van der Waals surface area contributed by atoms with Crippen molar-refractivity contribution in [1.29, 1.82) is 0 Å². The van der Waals surface area contributed by atoms with E-state index in [1.807, 2.05) is 0 Å². The molecule has 2 aromatic rings. The van der Waals surface area contributed by atoms with E-state index in [0.717, 1.165) is 12.2 Å². The van der Waals surface area contributed by atoms with Crippen molar-refractivity contribution in [2.75, 3.05) is 6.54 Å². The van der Waals surface area contributed by atoms with Crippen LogP contribution in [0.3, 0.4) is 0 Å². The first-order chi connectivity index (χ1) is 9.19. The van der Waals surface area contributed by atoms with Crippen LogP contribution in [0.25, 0.3) is 0 Å². The topological polar surface area (TPSA) is 35.2 Å². The Bertz CT molecular complexity index is 531. The zero-order chi connectivity index (χ0) is 13.7. The fourth-order valence-electron chi connectivity index (χ4n) is 1.99. The Labute approximate surface area is 115 Å². The highest BCUT2D eigenvalue weighted by Crippen LogP contribution is 2.20. The van der Waals surface area contributed by atoms with Crippen molar-refractivity contribution in [2.24, 2.45) is 5.73 Å². The largest absolute Gasteiger partial charge is 0.489 e. The van der Waals surface area contributed by atoms with Gasteiger partial charge in [0, 0.05) is 0 Å². The summed E-state index contributed by atoms with van der Waals surface area (Å²) >= 11 is 0. The predicted molar refractivity (Wildman–Crippen MR) is 79.4 cm³/mol. The molecule has 0 saturated heterocycles. The van der Waals surface area contributed by atoms with Crippen molar-refractivity contribution in [2.45, 2.75) is 26.9 Å². The Balaban J connectivity index is 2.00. The second kappa shape index (κ2) is 6.39. The highest BCUT2D eigenvalue weighted by atomic mass is 16.5. The zero-order valence-corrected chi connectivity index (χ0v) is 11.6. The lowest BCUT2D eigenvalue weighted by Crippen LogP contribution is -2.03. The van der Waals surface area contributed by atoms with E-state index in [4.69, 9.17) is 10.5 Å². The molecule has 2 N–H and O–H groups in total. The SMILES string of the molecule is Cc1ccc(C)c(OCc2ccc(CCN)cc2)c1. The van der Waals surface area contributed by atoms with Crippen molar-refractivity contribution >= 4 is 0 Å². The average molecular weight is 255 g/mol. The second-order valence-electron chi connectivity index (χ2n) is 4.91. The molecule has 2 rings (SSSR count). The van der Waals surface area contributed by atoms with Gasteiger partial charge < -0.3 is 10.5 Å². The quantitative estimate of drug-likeness (QED) is 0.889. The van der Waals surface area contributed by atoms with Crippen molar-refractivity contribution in [1.82, 2.24) is 0 Å². The summed E-state index contributed by atoms with van der Waals surface area (Å²) in [4.78, 5) is 0. The van der Waals surface area contributed by atoms with E-state index in [2.05, 4.69) is 56.3 Å². The molecule has 0 amide bonds. The molecule has 2 nitrogen and oxygen atoms in total. The van der Waals surface area contributed by atoms with Crippen molar-refractivity contribution < 1.29 is 4.74 Å². The van der Waals surface area contributed by atoms with E-state index < -0.39 is 0 Å². The molecule has 0 unspecified atom stereocenters. The van der Waals surface area contributed by atoms with E-state index in [9.17, 15) is 0 Å². The molecule has 0 atom stereocenters. The van der Waals surface area contributed by atoms with Crippen molar-refractivity contribution in [3.05, 3.63) is 64.7 Å². The Morgan fingerprint density at radius 2 is 1.63 bits per heavy atom. The maximum atomic E-state index is 5.88. The Hall–Kier alpha value is -1.80. The number of aryl methyl sites for hydroxylation is 2. The van der Waals surface area contributed by atoms with Gasteiger partial charge in [-0.05, 0) is 55.1 Å². The summed E-state index contributed by atoms with van der Waals surface area (Å²) in [6.45, 7) is 5.44. The molecular weight excluding hydrogens is 234 g/mol. The van der Waals surface area contributed by atoms with Crippen LogP contribution in [0.2, 0.25) is 0 Å². The maximum Gasteiger partial charge on any atom is 0.122 e. The van der Waals surface area contributed by atoms with E-state index >= 15 is 0 Å². The lowest BCUT2D eigenvalue weighted by atomic mass is 10.1. The van der Waals surface area contributed by atoms with E-state index in [-0.39, 0.29) is 0 Å². The lowest BCUT2D eigenvalue weighted by molar-refractivity contribution is 0.304. The van der Waals surface area contributed by atoms with Crippen LogP contribution in [0.5, 0.6) is 5.75 Å². The first-order valence-electron chi connectivity index (χ1n) is 6.67. The third kappa shape index (κ3) is 3.83. The van der Waals surface area contributed by atoms with Gasteiger partial charge in [-0.1, -0.05) is 36.4 Å². The Morgan fingerprint density at radius 3 is 2.32 bits per heavy atom. The molecule has 0 fully saturated rings. The van der Waals surface area contributed by atoms with E-state index in [0.29, 0.717) is 13.2 Å². The van der Waals surface area contributed by atoms with Gasteiger partial charge >= 0.3 is 0 Å². The summed E-state index contributed by atoms with van der Waals surface area (Å²) in [5.41, 5.74) is 10.4. The normalized spacial score (nSPS) is 10.5. The average Bonchev–Trinajstić information content (AvgIpc) is 2.42. The molecule has 0 heterocycles. The molecule has 0 bridgehead atoms. The van der Waals surface area contributed by atoms with Gasteiger partial charge in [0.1, 0.15) is 12.4 Å². The summed E-state index contributed by atoms with van der Waals surface area (Å²) in [6.07, 6.45) is 0.929. The fraction of sp³-hybridized carbons (Fsp3) is 0.294. The second-order valence-corrected chi connectivity index (χ2v) is 4.91. The first-order valence-corrected chi connectivity index (χ1v) is 6.67. The van der Waals surface area contributed by atoms with Crippen LogP contribution < -0.4 is 10.5 Å². The first kappa shape index (κ1) is 13.6. The smallest absolute Gasteiger partial charge is 0.122 e. The lowest BCUT2D eigenvalue weighted by Gasteiger charge is -2.10. The monoisotopic (exact) mass is 255 g/mol. The van der Waals surface area contributed by atoms with Gasteiger partial charge in [-0.25, -0.2) is 0 Å².